The van der Waals surface area contributed by atoms with Crippen molar-refractivity contribution in [3.8, 4) is 5.75 Å². The molecule has 1 aromatic rings. The molecule has 1 fully saturated rings. The topological polar surface area (TPSA) is 38.5 Å². The highest BCUT2D eigenvalue weighted by Crippen LogP contribution is 2.25. The molecule has 1 heterocycles. The molecule has 1 atom stereocenters. The first-order valence-electron chi connectivity index (χ1n) is 7.87. The van der Waals surface area contributed by atoms with Crippen LogP contribution in [0.2, 0.25) is 0 Å². The smallest absolute Gasteiger partial charge is 0.119 e. The van der Waals surface area contributed by atoms with Gasteiger partial charge in [0.25, 0.3) is 0 Å². The molecule has 1 aliphatic heterocycles. The number of benzene rings is 1. The lowest BCUT2D eigenvalue weighted by molar-refractivity contribution is 0.271. The van der Waals surface area contributed by atoms with Crippen LogP contribution in [-0.4, -0.2) is 25.1 Å². The van der Waals surface area contributed by atoms with E-state index in [-0.39, 0.29) is 0 Å². The molecule has 0 amide bonds. The maximum absolute atomic E-state index is 6.09. The van der Waals surface area contributed by atoms with Crippen LogP contribution in [0.15, 0.2) is 18.2 Å². The molecule has 1 aromatic carbocycles. The molecule has 112 valence electrons. The van der Waals surface area contributed by atoms with E-state index in [1.165, 1.54) is 50.8 Å². The molecule has 3 nitrogen and oxygen atoms in total. The van der Waals surface area contributed by atoms with E-state index < -0.39 is 0 Å². The maximum Gasteiger partial charge on any atom is 0.119 e. The monoisotopic (exact) mass is 276 g/mol. The van der Waals surface area contributed by atoms with Gasteiger partial charge in [-0.3, -0.25) is 4.90 Å². The van der Waals surface area contributed by atoms with Crippen LogP contribution in [0.5, 0.6) is 5.75 Å². The Hall–Kier alpha value is -1.22. The molecule has 0 radical (unpaired) electrons. The number of hydrogen-bond acceptors (Lipinski definition) is 3. The molecule has 2 N–H and O–H groups in total. The van der Waals surface area contributed by atoms with Crippen molar-refractivity contribution in [2.75, 3.05) is 25.9 Å². The minimum Gasteiger partial charge on any atom is -0.497 e. The second-order valence-electron chi connectivity index (χ2n) is 5.93. The molecule has 0 bridgehead atoms. The molecule has 1 aliphatic rings. The van der Waals surface area contributed by atoms with Crippen LogP contribution in [0.1, 0.15) is 44.6 Å². The highest BCUT2D eigenvalue weighted by molar-refractivity contribution is 5.50. The molecule has 20 heavy (non-hydrogen) atoms. The van der Waals surface area contributed by atoms with Crippen molar-refractivity contribution in [1.82, 2.24) is 4.90 Å². The van der Waals surface area contributed by atoms with Crippen molar-refractivity contribution in [3.63, 3.8) is 0 Å². The SMILES string of the molecule is CCCC1CCCN(Cc2cc(OC)ccc2N)CC1. The first-order valence-corrected chi connectivity index (χ1v) is 7.87. The molecule has 3 heteroatoms. The van der Waals surface area contributed by atoms with Crippen molar-refractivity contribution in [2.45, 2.75) is 45.6 Å². The van der Waals surface area contributed by atoms with Gasteiger partial charge in [-0.15, -0.1) is 0 Å². The lowest BCUT2D eigenvalue weighted by Gasteiger charge is -2.21. The van der Waals surface area contributed by atoms with E-state index in [9.17, 15) is 0 Å². The quantitative estimate of drug-likeness (QED) is 0.834. The Morgan fingerprint density at radius 3 is 2.90 bits per heavy atom. The average molecular weight is 276 g/mol. The minimum atomic E-state index is 0.875. The van der Waals surface area contributed by atoms with Crippen LogP contribution >= 0.6 is 0 Å². The van der Waals surface area contributed by atoms with E-state index in [2.05, 4.69) is 17.9 Å². The molecule has 0 spiro atoms. The fourth-order valence-electron chi connectivity index (χ4n) is 3.17. The Balaban J connectivity index is 1.96. The standard InChI is InChI=1S/C17H28N2O/c1-3-5-14-6-4-10-19(11-9-14)13-15-12-16(20-2)7-8-17(15)18/h7-8,12,14H,3-6,9-11,13,18H2,1-2H3. The lowest BCUT2D eigenvalue weighted by atomic mass is 9.96. The molecule has 0 saturated carbocycles. The zero-order valence-corrected chi connectivity index (χ0v) is 12.9. The van der Waals surface area contributed by atoms with Crippen LogP contribution in [0, 0.1) is 5.92 Å². The van der Waals surface area contributed by atoms with Crippen LogP contribution in [0.25, 0.3) is 0 Å². The maximum atomic E-state index is 6.09. The van der Waals surface area contributed by atoms with Gasteiger partial charge >= 0.3 is 0 Å². The Bertz CT molecular complexity index is 419. The number of ether oxygens (including phenoxy) is 1. The van der Waals surface area contributed by atoms with Gasteiger partial charge in [-0.1, -0.05) is 19.8 Å². The largest absolute Gasteiger partial charge is 0.497 e. The third kappa shape index (κ3) is 4.14. The molecule has 2 rings (SSSR count). The van der Waals surface area contributed by atoms with Crippen LogP contribution < -0.4 is 10.5 Å². The zero-order valence-electron chi connectivity index (χ0n) is 12.9. The normalized spacial score (nSPS) is 20.6. The van der Waals surface area contributed by atoms with E-state index in [0.717, 1.165) is 23.9 Å². The summed E-state index contributed by atoms with van der Waals surface area (Å²) in [6.45, 7) is 5.62. The Morgan fingerprint density at radius 1 is 1.30 bits per heavy atom. The van der Waals surface area contributed by atoms with E-state index in [0.29, 0.717) is 0 Å². The number of likely N-dealkylation sites (tertiary alicyclic amines) is 1. The van der Waals surface area contributed by atoms with Gasteiger partial charge in [-0.25, -0.2) is 0 Å². The van der Waals surface area contributed by atoms with Crippen molar-refractivity contribution in [2.24, 2.45) is 5.92 Å². The first-order chi connectivity index (χ1) is 9.72. The Kier molecular flexibility index (Phi) is 5.72. The summed E-state index contributed by atoms with van der Waals surface area (Å²) in [6.07, 6.45) is 6.73. The highest BCUT2D eigenvalue weighted by atomic mass is 16.5. The van der Waals surface area contributed by atoms with Gasteiger partial charge in [0.1, 0.15) is 5.75 Å². The predicted molar refractivity (Wildman–Crippen MR) is 84.9 cm³/mol. The van der Waals surface area contributed by atoms with E-state index in [1.807, 2.05) is 12.1 Å². The molecule has 0 aliphatic carbocycles. The van der Waals surface area contributed by atoms with Crippen molar-refractivity contribution < 1.29 is 4.74 Å². The molecule has 0 aromatic heterocycles. The Labute approximate surface area is 123 Å². The number of nitrogen functional groups attached to an aromatic ring is 1. The number of hydrogen-bond donors (Lipinski definition) is 1. The number of methoxy groups -OCH3 is 1. The average Bonchev–Trinajstić information content (AvgIpc) is 2.67. The van der Waals surface area contributed by atoms with Gasteiger partial charge < -0.3 is 10.5 Å². The van der Waals surface area contributed by atoms with Gasteiger partial charge in [-0.05, 0) is 62.0 Å². The van der Waals surface area contributed by atoms with Crippen LogP contribution in [-0.2, 0) is 6.54 Å². The van der Waals surface area contributed by atoms with E-state index >= 15 is 0 Å². The van der Waals surface area contributed by atoms with Crippen molar-refractivity contribution in [3.05, 3.63) is 23.8 Å². The van der Waals surface area contributed by atoms with E-state index in [1.54, 1.807) is 7.11 Å². The summed E-state index contributed by atoms with van der Waals surface area (Å²) in [5, 5.41) is 0. The summed E-state index contributed by atoms with van der Waals surface area (Å²) in [5.74, 6) is 1.82. The molecular formula is C17H28N2O. The van der Waals surface area contributed by atoms with Gasteiger partial charge in [-0.2, -0.15) is 0 Å². The number of nitrogens with two attached hydrogens (primary N) is 1. The third-order valence-corrected chi connectivity index (χ3v) is 4.38. The fraction of sp³-hybridized carbons (Fsp3) is 0.647. The number of rotatable bonds is 5. The zero-order chi connectivity index (χ0) is 14.4. The molecule has 1 unspecified atom stereocenters. The van der Waals surface area contributed by atoms with E-state index in [4.69, 9.17) is 10.5 Å². The van der Waals surface area contributed by atoms with Crippen LogP contribution in [0.3, 0.4) is 0 Å². The van der Waals surface area contributed by atoms with Gasteiger partial charge in [0.2, 0.25) is 0 Å². The third-order valence-electron chi connectivity index (χ3n) is 4.38. The molecular weight excluding hydrogens is 248 g/mol. The lowest BCUT2D eigenvalue weighted by Crippen LogP contribution is -2.24. The first kappa shape index (κ1) is 15.2. The minimum absolute atomic E-state index is 0.875. The summed E-state index contributed by atoms with van der Waals surface area (Å²) in [7, 11) is 1.70. The van der Waals surface area contributed by atoms with Gasteiger partial charge in [0, 0.05) is 12.2 Å². The molecule has 1 saturated heterocycles. The number of anilines is 1. The predicted octanol–water partition coefficient (Wildman–Crippen LogP) is 3.68. The number of nitrogens with zero attached hydrogens (tertiary/aromatic N) is 1. The van der Waals surface area contributed by atoms with Gasteiger partial charge in [0.15, 0.2) is 0 Å². The summed E-state index contributed by atoms with van der Waals surface area (Å²) in [5.41, 5.74) is 8.16. The summed E-state index contributed by atoms with van der Waals surface area (Å²) < 4.78 is 5.30. The van der Waals surface area contributed by atoms with Gasteiger partial charge in [0.05, 0.1) is 7.11 Å². The van der Waals surface area contributed by atoms with Crippen molar-refractivity contribution in [1.29, 1.82) is 0 Å². The summed E-state index contributed by atoms with van der Waals surface area (Å²) in [4.78, 5) is 2.54. The van der Waals surface area contributed by atoms with Crippen molar-refractivity contribution >= 4 is 5.69 Å². The second-order valence-corrected chi connectivity index (χ2v) is 5.93. The van der Waals surface area contributed by atoms with Crippen LogP contribution in [0.4, 0.5) is 5.69 Å². The summed E-state index contributed by atoms with van der Waals surface area (Å²) >= 11 is 0. The Morgan fingerprint density at radius 2 is 2.15 bits per heavy atom. The fourth-order valence-corrected chi connectivity index (χ4v) is 3.17. The summed E-state index contributed by atoms with van der Waals surface area (Å²) in [6, 6.07) is 5.95. The second kappa shape index (κ2) is 7.53. The highest BCUT2D eigenvalue weighted by Gasteiger charge is 2.17.